The Morgan fingerprint density at radius 3 is 1.44 bits per heavy atom. The first-order valence-electron chi connectivity index (χ1n) is 15.6. The lowest BCUT2D eigenvalue weighted by Crippen LogP contribution is -2.13. The minimum Gasteiger partial charge on any atom is -0.497 e. The van der Waals surface area contributed by atoms with Gasteiger partial charge in [0.1, 0.15) is 17.4 Å². The first-order valence-corrected chi connectivity index (χ1v) is 15.6. The van der Waals surface area contributed by atoms with E-state index in [2.05, 4.69) is 55.1 Å². The van der Waals surface area contributed by atoms with Crippen LogP contribution in [0.4, 0.5) is 17.3 Å². The van der Waals surface area contributed by atoms with Gasteiger partial charge in [-0.2, -0.15) is 0 Å². The number of pyridine rings is 2. The predicted molar refractivity (Wildman–Crippen MR) is 167 cm³/mol. The average molecular weight is 530 g/mol. The highest BCUT2D eigenvalue weighted by atomic mass is 16.5. The van der Waals surface area contributed by atoms with E-state index in [4.69, 9.17) is 14.7 Å². The van der Waals surface area contributed by atoms with Crippen molar-refractivity contribution >= 4 is 17.3 Å². The molecule has 0 aliphatic heterocycles. The molecule has 39 heavy (non-hydrogen) atoms. The van der Waals surface area contributed by atoms with Crippen LogP contribution in [0, 0.1) is 0 Å². The van der Waals surface area contributed by atoms with E-state index < -0.39 is 0 Å². The molecule has 0 spiro atoms. The van der Waals surface area contributed by atoms with E-state index in [1.54, 1.807) is 7.11 Å². The molecule has 4 heteroatoms. The number of anilines is 3. The normalized spacial score (nSPS) is 11.1. The molecule has 2 heterocycles. The third kappa shape index (κ3) is 11.0. The standard InChI is InChI=1S/C35H51N3O/c1-4-6-8-10-12-14-16-18-30-24-26-36-34(28-30)38(32-20-22-33(39-3)23-21-32)35-29-31(25-27-37-35)19-17-15-13-11-9-7-5-2/h20-29H,4-19H2,1-3H3. The minimum atomic E-state index is 0.847. The lowest BCUT2D eigenvalue weighted by molar-refractivity contribution is 0.415. The van der Waals surface area contributed by atoms with Crippen LogP contribution in [0.25, 0.3) is 0 Å². The number of hydrogen-bond acceptors (Lipinski definition) is 4. The van der Waals surface area contributed by atoms with Gasteiger partial charge in [-0.15, -0.1) is 0 Å². The van der Waals surface area contributed by atoms with Crippen LogP contribution in [-0.2, 0) is 12.8 Å². The molecule has 0 atom stereocenters. The molecular weight excluding hydrogens is 478 g/mol. The van der Waals surface area contributed by atoms with Gasteiger partial charge in [0.25, 0.3) is 0 Å². The quantitative estimate of drug-likeness (QED) is 0.136. The summed E-state index contributed by atoms with van der Waals surface area (Å²) >= 11 is 0. The Morgan fingerprint density at radius 1 is 0.564 bits per heavy atom. The molecule has 0 amide bonds. The number of hydrogen-bond donors (Lipinski definition) is 0. The SMILES string of the molecule is CCCCCCCCCc1ccnc(N(c2ccc(OC)cc2)c2cc(CCCCCCCCC)ccn2)c1. The van der Waals surface area contributed by atoms with Crippen molar-refractivity contribution in [3.8, 4) is 5.75 Å². The second kappa shape index (κ2) is 18.4. The maximum absolute atomic E-state index is 5.42. The highest BCUT2D eigenvalue weighted by molar-refractivity contribution is 5.72. The van der Waals surface area contributed by atoms with Gasteiger partial charge in [0.15, 0.2) is 0 Å². The third-order valence-electron chi connectivity index (χ3n) is 7.55. The smallest absolute Gasteiger partial charge is 0.138 e. The second-order valence-electron chi connectivity index (χ2n) is 10.8. The molecule has 2 aromatic heterocycles. The second-order valence-corrected chi connectivity index (χ2v) is 10.8. The molecule has 0 N–H and O–H groups in total. The highest BCUT2D eigenvalue weighted by Gasteiger charge is 2.16. The first-order chi connectivity index (χ1) is 19.2. The summed E-state index contributed by atoms with van der Waals surface area (Å²) in [5.41, 5.74) is 3.72. The van der Waals surface area contributed by atoms with Gasteiger partial charge in [-0.05, 0) is 85.3 Å². The van der Waals surface area contributed by atoms with Crippen molar-refractivity contribution in [3.63, 3.8) is 0 Å². The van der Waals surface area contributed by atoms with Gasteiger partial charge in [-0.3, -0.25) is 4.90 Å². The Labute approximate surface area is 238 Å². The number of ether oxygens (including phenoxy) is 1. The number of unbranched alkanes of at least 4 members (excludes halogenated alkanes) is 12. The van der Waals surface area contributed by atoms with Crippen molar-refractivity contribution in [2.75, 3.05) is 12.0 Å². The van der Waals surface area contributed by atoms with Crippen molar-refractivity contribution in [2.45, 2.75) is 117 Å². The van der Waals surface area contributed by atoms with E-state index in [1.807, 2.05) is 24.5 Å². The fourth-order valence-electron chi connectivity index (χ4n) is 5.16. The summed E-state index contributed by atoms with van der Waals surface area (Å²) in [4.78, 5) is 11.8. The number of aromatic nitrogens is 2. The molecule has 1 aromatic carbocycles. The van der Waals surface area contributed by atoms with Gasteiger partial charge in [0.05, 0.1) is 7.11 Å². The number of nitrogens with zero attached hydrogens (tertiary/aromatic N) is 3. The maximum atomic E-state index is 5.42. The van der Waals surface area contributed by atoms with Gasteiger partial charge in [0.2, 0.25) is 0 Å². The Bertz CT molecular complexity index is 988. The van der Waals surface area contributed by atoms with Crippen LogP contribution in [0.3, 0.4) is 0 Å². The fraction of sp³-hybridized carbons (Fsp3) is 0.543. The van der Waals surface area contributed by atoms with Crippen LogP contribution in [0.5, 0.6) is 5.75 Å². The molecule has 212 valence electrons. The Balaban J connectivity index is 1.71. The summed E-state index contributed by atoms with van der Waals surface area (Å²) in [7, 11) is 1.70. The van der Waals surface area contributed by atoms with Crippen LogP contribution in [0.1, 0.15) is 115 Å². The molecule has 0 aliphatic carbocycles. The number of aryl methyl sites for hydroxylation is 2. The summed E-state index contributed by atoms with van der Waals surface area (Å²) in [5, 5.41) is 0. The maximum Gasteiger partial charge on any atom is 0.138 e. The highest BCUT2D eigenvalue weighted by Crippen LogP contribution is 2.34. The van der Waals surface area contributed by atoms with E-state index in [1.165, 1.54) is 101 Å². The molecule has 4 nitrogen and oxygen atoms in total. The van der Waals surface area contributed by atoms with Gasteiger partial charge in [-0.25, -0.2) is 9.97 Å². The summed E-state index contributed by atoms with van der Waals surface area (Å²) < 4.78 is 5.42. The monoisotopic (exact) mass is 529 g/mol. The average Bonchev–Trinajstić information content (AvgIpc) is 2.97. The van der Waals surface area contributed by atoms with Gasteiger partial charge in [0, 0.05) is 18.1 Å². The van der Waals surface area contributed by atoms with Crippen molar-refractivity contribution in [3.05, 3.63) is 72.1 Å². The predicted octanol–water partition coefficient (Wildman–Crippen LogP) is 10.5. The lowest BCUT2D eigenvalue weighted by Gasteiger charge is -2.24. The summed E-state index contributed by atoms with van der Waals surface area (Å²) in [6, 6.07) is 17.0. The third-order valence-corrected chi connectivity index (χ3v) is 7.55. The van der Waals surface area contributed by atoms with Crippen LogP contribution in [0.15, 0.2) is 60.9 Å². The molecule has 0 saturated carbocycles. The zero-order valence-corrected chi connectivity index (χ0v) is 24.8. The van der Waals surface area contributed by atoms with Gasteiger partial charge < -0.3 is 4.74 Å². The molecule has 3 rings (SSSR count). The molecule has 0 radical (unpaired) electrons. The van der Waals surface area contributed by atoms with E-state index >= 15 is 0 Å². The van der Waals surface area contributed by atoms with Crippen molar-refractivity contribution < 1.29 is 4.74 Å². The largest absolute Gasteiger partial charge is 0.497 e. The van der Waals surface area contributed by atoms with Gasteiger partial charge >= 0.3 is 0 Å². The molecule has 0 fully saturated rings. The van der Waals surface area contributed by atoms with E-state index in [-0.39, 0.29) is 0 Å². The van der Waals surface area contributed by atoms with E-state index in [0.29, 0.717) is 0 Å². The number of methoxy groups -OCH3 is 1. The fourth-order valence-corrected chi connectivity index (χ4v) is 5.16. The van der Waals surface area contributed by atoms with E-state index in [0.717, 1.165) is 35.9 Å². The molecule has 3 aromatic rings. The van der Waals surface area contributed by atoms with Crippen molar-refractivity contribution in [2.24, 2.45) is 0 Å². The summed E-state index contributed by atoms with van der Waals surface area (Å²) in [6.07, 6.45) is 24.6. The molecular formula is C35H51N3O. The number of benzene rings is 1. The van der Waals surface area contributed by atoms with Crippen LogP contribution >= 0.6 is 0 Å². The summed E-state index contributed by atoms with van der Waals surface area (Å²) in [6.45, 7) is 4.55. The molecule has 0 bridgehead atoms. The molecule has 0 aliphatic rings. The van der Waals surface area contributed by atoms with Crippen LogP contribution in [-0.4, -0.2) is 17.1 Å². The zero-order chi connectivity index (χ0) is 27.5. The van der Waals surface area contributed by atoms with Crippen LogP contribution < -0.4 is 9.64 Å². The zero-order valence-electron chi connectivity index (χ0n) is 24.8. The Kier molecular flexibility index (Phi) is 14.5. The summed E-state index contributed by atoms with van der Waals surface area (Å²) in [5.74, 6) is 2.68. The Hall–Kier alpha value is -2.88. The minimum absolute atomic E-state index is 0.847. The number of rotatable bonds is 20. The van der Waals surface area contributed by atoms with Gasteiger partial charge in [-0.1, -0.05) is 90.9 Å². The molecule has 0 saturated heterocycles. The topological polar surface area (TPSA) is 38.2 Å². The first kappa shape index (κ1) is 30.7. The lowest BCUT2D eigenvalue weighted by atomic mass is 10.0. The molecule has 0 unspecified atom stereocenters. The van der Waals surface area contributed by atoms with E-state index in [9.17, 15) is 0 Å². The van der Waals surface area contributed by atoms with Crippen LogP contribution in [0.2, 0.25) is 0 Å². The van der Waals surface area contributed by atoms with Crippen molar-refractivity contribution in [1.82, 2.24) is 9.97 Å². The Morgan fingerprint density at radius 2 is 1.00 bits per heavy atom. The van der Waals surface area contributed by atoms with Crippen molar-refractivity contribution in [1.29, 1.82) is 0 Å².